The van der Waals surface area contributed by atoms with Crippen LogP contribution in [0.25, 0.3) is 0 Å². The minimum absolute atomic E-state index is 0.169. The number of thiocarbonyl (C=S) groups is 1. The van der Waals surface area contributed by atoms with Gasteiger partial charge >= 0.3 is 0 Å². The first-order chi connectivity index (χ1) is 9.45. The molecule has 5 nitrogen and oxygen atoms in total. The van der Waals surface area contributed by atoms with Crippen molar-refractivity contribution in [3.8, 4) is 6.07 Å². The van der Waals surface area contributed by atoms with Gasteiger partial charge in [-0.15, -0.1) is 0 Å². The Labute approximate surface area is 129 Å². The number of carbonyl (C=O) groups excluding carboxylic acids is 1. The van der Waals surface area contributed by atoms with Crippen molar-refractivity contribution >= 4 is 39.0 Å². The molecular formula is C13H11BrN4OS. The number of allylic oxidation sites excluding steroid dienone is 1. The number of hydrogen-bond acceptors (Lipinski definition) is 4. The topological polar surface area (TPSA) is 105 Å². The lowest BCUT2D eigenvalue weighted by Crippen LogP contribution is -2.47. The molecule has 0 fully saturated rings. The summed E-state index contributed by atoms with van der Waals surface area (Å²) in [6.45, 7) is 0. The van der Waals surface area contributed by atoms with Crippen molar-refractivity contribution in [1.82, 2.24) is 5.32 Å². The number of primary amides is 1. The van der Waals surface area contributed by atoms with Crippen LogP contribution in [0.5, 0.6) is 0 Å². The Morgan fingerprint density at radius 1 is 1.40 bits per heavy atom. The molecule has 0 saturated carbocycles. The Bertz CT molecular complexity index is 647. The minimum atomic E-state index is -0.784. The summed E-state index contributed by atoms with van der Waals surface area (Å²) in [5.74, 6) is -1.76. The van der Waals surface area contributed by atoms with Crippen LogP contribution in [0, 0.1) is 17.2 Å². The maximum absolute atomic E-state index is 11.7. The molecule has 7 heteroatoms. The van der Waals surface area contributed by atoms with Gasteiger partial charge in [0.2, 0.25) is 5.91 Å². The Balaban J connectivity index is 2.60. The molecule has 0 radical (unpaired) electrons. The molecule has 1 amide bonds. The van der Waals surface area contributed by atoms with E-state index in [1.54, 1.807) is 0 Å². The number of amides is 1. The fourth-order valence-electron chi connectivity index (χ4n) is 2.22. The molecule has 2 unspecified atom stereocenters. The molecule has 2 atom stereocenters. The van der Waals surface area contributed by atoms with Crippen LogP contribution in [0.15, 0.2) is 40.1 Å². The standard InChI is InChI=1S/C13H11BrN4OS/c14-7-3-1-6(2-4-7)9-8(5-15)11(16)18-13(20)10(9)12(17)19/h1-4,9-10H,16H2,(H2,17,19)(H,18,20). The average molecular weight is 351 g/mol. The van der Waals surface area contributed by atoms with Gasteiger partial charge in [0.15, 0.2) is 0 Å². The molecule has 20 heavy (non-hydrogen) atoms. The quantitative estimate of drug-likeness (QED) is 0.696. The highest BCUT2D eigenvalue weighted by Crippen LogP contribution is 2.36. The van der Waals surface area contributed by atoms with Gasteiger partial charge in [0.05, 0.1) is 16.6 Å². The SMILES string of the molecule is N#CC1=C(N)NC(=S)C(C(N)=O)C1c1ccc(Br)cc1. The summed E-state index contributed by atoms with van der Waals surface area (Å²) >= 11 is 8.48. The van der Waals surface area contributed by atoms with Gasteiger partial charge in [-0.3, -0.25) is 4.79 Å². The lowest BCUT2D eigenvalue weighted by Gasteiger charge is -2.31. The van der Waals surface area contributed by atoms with Crippen molar-refractivity contribution in [2.45, 2.75) is 5.92 Å². The van der Waals surface area contributed by atoms with Crippen molar-refractivity contribution in [3.05, 3.63) is 45.7 Å². The Morgan fingerprint density at radius 3 is 2.50 bits per heavy atom. The predicted molar refractivity (Wildman–Crippen MR) is 82.1 cm³/mol. The van der Waals surface area contributed by atoms with Crippen LogP contribution in [0.3, 0.4) is 0 Å². The molecule has 1 aliphatic heterocycles. The molecule has 5 N–H and O–H groups in total. The van der Waals surface area contributed by atoms with E-state index in [0.29, 0.717) is 0 Å². The zero-order valence-corrected chi connectivity index (χ0v) is 12.7. The number of halogens is 1. The van der Waals surface area contributed by atoms with E-state index >= 15 is 0 Å². The number of carbonyl (C=O) groups is 1. The predicted octanol–water partition coefficient (Wildman–Crippen LogP) is 1.26. The van der Waals surface area contributed by atoms with Gasteiger partial charge < -0.3 is 16.8 Å². The maximum Gasteiger partial charge on any atom is 0.228 e. The Hall–Kier alpha value is -1.91. The largest absolute Gasteiger partial charge is 0.384 e. The zero-order valence-electron chi connectivity index (χ0n) is 10.3. The summed E-state index contributed by atoms with van der Waals surface area (Å²) in [5, 5.41) is 12.0. The van der Waals surface area contributed by atoms with Gasteiger partial charge in [0, 0.05) is 10.4 Å². The highest BCUT2D eigenvalue weighted by molar-refractivity contribution is 9.10. The number of benzene rings is 1. The fraction of sp³-hybridized carbons (Fsp3) is 0.154. The van der Waals surface area contributed by atoms with E-state index < -0.39 is 17.7 Å². The third kappa shape index (κ3) is 2.53. The Morgan fingerprint density at radius 2 is 2.00 bits per heavy atom. The molecule has 0 saturated heterocycles. The van der Waals surface area contributed by atoms with Gasteiger partial charge in [-0.1, -0.05) is 40.3 Å². The van der Waals surface area contributed by atoms with Gasteiger partial charge in [-0.25, -0.2) is 0 Å². The third-order valence-electron chi connectivity index (χ3n) is 3.13. The van der Waals surface area contributed by atoms with Crippen molar-refractivity contribution in [2.75, 3.05) is 0 Å². The van der Waals surface area contributed by atoms with Crippen LogP contribution in [-0.2, 0) is 4.79 Å². The lowest BCUT2D eigenvalue weighted by molar-refractivity contribution is -0.120. The number of nitrogens with zero attached hydrogens (tertiary/aromatic N) is 1. The highest BCUT2D eigenvalue weighted by Gasteiger charge is 2.39. The first-order valence-electron chi connectivity index (χ1n) is 5.71. The second kappa shape index (κ2) is 5.61. The van der Waals surface area contributed by atoms with Gasteiger partial charge in [0.1, 0.15) is 11.7 Å². The van der Waals surface area contributed by atoms with Crippen molar-refractivity contribution in [1.29, 1.82) is 5.26 Å². The van der Waals surface area contributed by atoms with Gasteiger partial charge in [0.25, 0.3) is 0 Å². The molecule has 0 bridgehead atoms. The normalized spacial score (nSPS) is 22.1. The van der Waals surface area contributed by atoms with E-state index in [9.17, 15) is 10.1 Å². The van der Waals surface area contributed by atoms with E-state index in [0.717, 1.165) is 10.0 Å². The van der Waals surface area contributed by atoms with E-state index in [-0.39, 0.29) is 16.4 Å². The minimum Gasteiger partial charge on any atom is -0.384 e. The summed E-state index contributed by atoms with van der Waals surface area (Å²) in [4.78, 5) is 11.9. The number of rotatable bonds is 2. The molecule has 2 rings (SSSR count). The van der Waals surface area contributed by atoms with E-state index in [1.807, 2.05) is 30.3 Å². The van der Waals surface area contributed by atoms with Crippen LogP contribution >= 0.6 is 28.1 Å². The third-order valence-corrected chi connectivity index (χ3v) is 4.02. The van der Waals surface area contributed by atoms with Crippen molar-refractivity contribution in [3.63, 3.8) is 0 Å². The Kier molecular flexibility index (Phi) is 4.06. The average Bonchev–Trinajstić information content (AvgIpc) is 2.38. The van der Waals surface area contributed by atoms with Crippen LogP contribution in [0.2, 0.25) is 0 Å². The molecule has 0 aliphatic carbocycles. The highest BCUT2D eigenvalue weighted by atomic mass is 79.9. The van der Waals surface area contributed by atoms with Gasteiger partial charge in [-0.05, 0) is 17.7 Å². The molecule has 1 aromatic rings. The first kappa shape index (κ1) is 14.5. The van der Waals surface area contributed by atoms with E-state index in [1.165, 1.54) is 0 Å². The number of nitrogens with two attached hydrogens (primary N) is 2. The monoisotopic (exact) mass is 350 g/mol. The van der Waals surface area contributed by atoms with Crippen LogP contribution in [0.1, 0.15) is 11.5 Å². The van der Waals surface area contributed by atoms with Crippen LogP contribution in [0.4, 0.5) is 0 Å². The number of nitrogens with one attached hydrogen (secondary N) is 1. The smallest absolute Gasteiger partial charge is 0.228 e. The molecule has 0 aromatic heterocycles. The molecule has 1 aromatic carbocycles. The molecule has 0 spiro atoms. The molecule has 102 valence electrons. The maximum atomic E-state index is 11.7. The summed E-state index contributed by atoms with van der Waals surface area (Å²) in [6, 6.07) is 9.30. The van der Waals surface area contributed by atoms with Gasteiger partial charge in [-0.2, -0.15) is 5.26 Å². The lowest BCUT2D eigenvalue weighted by atomic mass is 9.78. The first-order valence-corrected chi connectivity index (χ1v) is 6.91. The number of hydrogen-bond donors (Lipinski definition) is 3. The summed E-state index contributed by atoms with van der Waals surface area (Å²) < 4.78 is 0.892. The molecule has 1 aliphatic rings. The second-order valence-electron chi connectivity index (χ2n) is 4.34. The van der Waals surface area contributed by atoms with E-state index in [4.69, 9.17) is 23.7 Å². The van der Waals surface area contributed by atoms with Crippen LogP contribution in [-0.4, -0.2) is 10.9 Å². The number of nitriles is 1. The zero-order chi connectivity index (χ0) is 14.9. The van der Waals surface area contributed by atoms with Crippen molar-refractivity contribution < 1.29 is 4.79 Å². The van der Waals surface area contributed by atoms with E-state index in [2.05, 4.69) is 21.2 Å². The molecule has 1 heterocycles. The summed E-state index contributed by atoms with van der Waals surface area (Å²) in [7, 11) is 0. The fourth-order valence-corrected chi connectivity index (χ4v) is 2.84. The second-order valence-corrected chi connectivity index (χ2v) is 5.69. The summed E-state index contributed by atoms with van der Waals surface area (Å²) in [5.41, 5.74) is 12.3. The molecular weight excluding hydrogens is 340 g/mol. The summed E-state index contributed by atoms with van der Waals surface area (Å²) in [6.07, 6.45) is 0. The van der Waals surface area contributed by atoms with Crippen LogP contribution < -0.4 is 16.8 Å². The van der Waals surface area contributed by atoms with Crippen molar-refractivity contribution in [2.24, 2.45) is 17.4 Å².